The van der Waals surface area contributed by atoms with Crippen LogP contribution in [0, 0.1) is 6.92 Å². The molecular formula is C14H18N4O2. The number of aryl methyl sites for hydroxylation is 2. The number of aromatic nitrogens is 2. The van der Waals surface area contributed by atoms with Gasteiger partial charge < -0.3 is 16.2 Å². The summed E-state index contributed by atoms with van der Waals surface area (Å²) in [4.78, 5) is 11.1. The molecule has 0 bridgehead atoms. The van der Waals surface area contributed by atoms with Crippen molar-refractivity contribution in [1.29, 1.82) is 0 Å². The molecule has 0 fully saturated rings. The second kappa shape index (κ2) is 5.64. The number of nitrogens with one attached hydrogen (secondary N) is 1. The highest BCUT2D eigenvalue weighted by atomic mass is 16.4. The topological polar surface area (TPSA) is 93.2 Å². The van der Waals surface area contributed by atoms with Crippen LogP contribution in [0.2, 0.25) is 0 Å². The van der Waals surface area contributed by atoms with Crippen LogP contribution in [0.1, 0.15) is 21.6 Å². The summed E-state index contributed by atoms with van der Waals surface area (Å²) in [7, 11) is 1.87. The van der Waals surface area contributed by atoms with Gasteiger partial charge in [0, 0.05) is 37.6 Å². The lowest BCUT2D eigenvalue weighted by Gasteiger charge is -2.10. The van der Waals surface area contributed by atoms with Gasteiger partial charge >= 0.3 is 5.97 Å². The van der Waals surface area contributed by atoms with E-state index in [9.17, 15) is 4.79 Å². The molecule has 0 amide bonds. The van der Waals surface area contributed by atoms with Gasteiger partial charge in [-0.15, -0.1) is 0 Å². The maximum absolute atomic E-state index is 11.1. The molecule has 0 spiro atoms. The molecule has 2 aromatic rings. The highest BCUT2D eigenvalue weighted by molar-refractivity contribution is 5.95. The molecule has 1 heterocycles. The van der Waals surface area contributed by atoms with Crippen LogP contribution in [0.4, 0.5) is 11.4 Å². The van der Waals surface area contributed by atoms with Crippen molar-refractivity contribution in [2.24, 2.45) is 7.05 Å². The number of nitrogens with zero attached hydrogens (tertiary/aromatic N) is 2. The van der Waals surface area contributed by atoms with E-state index < -0.39 is 5.97 Å². The molecule has 6 heteroatoms. The third kappa shape index (κ3) is 3.09. The van der Waals surface area contributed by atoms with Crippen LogP contribution in [-0.2, 0) is 13.5 Å². The lowest BCUT2D eigenvalue weighted by Crippen LogP contribution is -2.09. The quantitative estimate of drug-likeness (QED) is 0.721. The molecule has 0 saturated carbocycles. The van der Waals surface area contributed by atoms with Crippen LogP contribution < -0.4 is 11.1 Å². The molecule has 0 aliphatic rings. The van der Waals surface area contributed by atoms with Gasteiger partial charge in [0.1, 0.15) is 0 Å². The maximum atomic E-state index is 11.1. The fraction of sp³-hybridized carbons (Fsp3) is 0.286. The van der Waals surface area contributed by atoms with Crippen molar-refractivity contribution < 1.29 is 9.90 Å². The Morgan fingerprint density at radius 2 is 2.25 bits per heavy atom. The van der Waals surface area contributed by atoms with Crippen LogP contribution in [-0.4, -0.2) is 27.4 Å². The normalized spacial score (nSPS) is 10.5. The van der Waals surface area contributed by atoms with E-state index >= 15 is 0 Å². The SMILES string of the molecule is Cc1cc(NCCc2ccn(C)n2)cc(C(=O)O)c1N. The minimum atomic E-state index is -1.01. The first kappa shape index (κ1) is 13.9. The molecule has 0 saturated heterocycles. The average Bonchev–Trinajstić information content (AvgIpc) is 2.79. The molecular weight excluding hydrogens is 256 g/mol. The van der Waals surface area contributed by atoms with Crippen LogP contribution >= 0.6 is 0 Å². The molecule has 0 aliphatic heterocycles. The smallest absolute Gasteiger partial charge is 0.337 e. The number of anilines is 2. The van der Waals surface area contributed by atoms with Gasteiger partial charge in [0.05, 0.1) is 11.3 Å². The minimum absolute atomic E-state index is 0.130. The molecule has 1 aromatic carbocycles. The average molecular weight is 274 g/mol. The number of rotatable bonds is 5. The Balaban J connectivity index is 2.04. The number of carbonyl (C=O) groups is 1. The van der Waals surface area contributed by atoms with Gasteiger partial charge in [0.15, 0.2) is 0 Å². The largest absolute Gasteiger partial charge is 0.478 e. The molecule has 20 heavy (non-hydrogen) atoms. The summed E-state index contributed by atoms with van der Waals surface area (Å²) in [6.07, 6.45) is 2.66. The molecule has 106 valence electrons. The van der Waals surface area contributed by atoms with Gasteiger partial charge in [0.25, 0.3) is 0 Å². The summed E-state index contributed by atoms with van der Waals surface area (Å²) in [5.74, 6) is -1.01. The van der Waals surface area contributed by atoms with E-state index in [1.807, 2.05) is 25.4 Å². The third-order valence-electron chi connectivity index (χ3n) is 3.10. The summed E-state index contributed by atoms with van der Waals surface area (Å²) in [5, 5.41) is 16.6. The van der Waals surface area contributed by atoms with Gasteiger partial charge in [-0.3, -0.25) is 4.68 Å². The van der Waals surface area contributed by atoms with Gasteiger partial charge in [-0.05, 0) is 30.7 Å². The number of nitrogens with two attached hydrogens (primary N) is 1. The highest BCUT2D eigenvalue weighted by Gasteiger charge is 2.11. The minimum Gasteiger partial charge on any atom is -0.478 e. The van der Waals surface area contributed by atoms with Gasteiger partial charge in [0.2, 0.25) is 0 Å². The molecule has 0 unspecified atom stereocenters. The second-order valence-electron chi connectivity index (χ2n) is 4.72. The highest BCUT2D eigenvalue weighted by Crippen LogP contribution is 2.22. The Bertz CT molecular complexity index is 634. The molecule has 6 nitrogen and oxygen atoms in total. The summed E-state index contributed by atoms with van der Waals surface area (Å²) in [6.45, 7) is 2.48. The van der Waals surface area contributed by atoms with Gasteiger partial charge in [-0.1, -0.05) is 0 Å². The number of aromatic carboxylic acids is 1. The molecule has 1 aromatic heterocycles. The van der Waals surface area contributed by atoms with E-state index in [0.717, 1.165) is 23.4 Å². The predicted octanol–water partition coefficient (Wildman–Crippen LogP) is 1.66. The Morgan fingerprint density at radius 1 is 1.50 bits per heavy atom. The summed E-state index contributed by atoms with van der Waals surface area (Å²) in [5.41, 5.74) is 8.70. The Hall–Kier alpha value is -2.50. The fourth-order valence-corrected chi connectivity index (χ4v) is 2.01. The predicted molar refractivity (Wildman–Crippen MR) is 78.0 cm³/mol. The zero-order chi connectivity index (χ0) is 14.7. The first-order valence-corrected chi connectivity index (χ1v) is 6.33. The van der Waals surface area contributed by atoms with Crippen LogP contribution in [0.15, 0.2) is 24.4 Å². The van der Waals surface area contributed by atoms with E-state index in [-0.39, 0.29) is 5.56 Å². The van der Waals surface area contributed by atoms with Crippen molar-refractivity contribution in [2.45, 2.75) is 13.3 Å². The Kier molecular flexibility index (Phi) is 3.93. The molecule has 4 N–H and O–H groups in total. The maximum Gasteiger partial charge on any atom is 0.337 e. The van der Waals surface area contributed by atoms with Crippen molar-refractivity contribution in [2.75, 3.05) is 17.6 Å². The lowest BCUT2D eigenvalue weighted by atomic mass is 10.1. The Morgan fingerprint density at radius 3 is 2.85 bits per heavy atom. The number of benzene rings is 1. The zero-order valence-electron chi connectivity index (χ0n) is 11.6. The lowest BCUT2D eigenvalue weighted by molar-refractivity contribution is 0.0698. The van der Waals surface area contributed by atoms with Crippen molar-refractivity contribution in [1.82, 2.24) is 9.78 Å². The number of carboxylic acids is 1. The van der Waals surface area contributed by atoms with E-state index in [1.54, 1.807) is 17.7 Å². The fourth-order valence-electron chi connectivity index (χ4n) is 2.01. The van der Waals surface area contributed by atoms with Crippen molar-refractivity contribution >= 4 is 17.3 Å². The first-order chi connectivity index (χ1) is 9.47. The zero-order valence-corrected chi connectivity index (χ0v) is 11.6. The number of nitrogen functional groups attached to an aromatic ring is 1. The molecule has 0 aliphatic carbocycles. The van der Waals surface area contributed by atoms with E-state index in [1.165, 1.54) is 0 Å². The van der Waals surface area contributed by atoms with Crippen molar-refractivity contribution in [3.05, 3.63) is 41.2 Å². The molecule has 2 rings (SSSR count). The van der Waals surface area contributed by atoms with E-state index in [2.05, 4.69) is 10.4 Å². The summed E-state index contributed by atoms with van der Waals surface area (Å²) < 4.78 is 1.76. The third-order valence-corrected chi connectivity index (χ3v) is 3.10. The summed E-state index contributed by atoms with van der Waals surface area (Å²) in [6, 6.07) is 5.36. The van der Waals surface area contributed by atoms with Crippen LogP contribution in [0.5, 0.6) is 0 Å². The van der Waals surface area contributed by atoms with Crippen molar-refractivity contribution in [3.8, 4) is 0 Å². The molecule has 0 atom stereocenters. The van der Waals surface area contributed by atoms with Crippen molar-refractivity contribution in [3.63, 3.8) is 0 Å². The van der Waals surface area contributed by atoms with E-state index in [4.69, 9.17) is 10.8 Å². The number of hydrogen-bond acceptors (Lipinski definition) is 4. The van der Waals surface area contributed by atoms with Crippen LogP contribution in [0.25, 0.3) is 0 Å². The van der Waals surface area contributed by atoms with Crippen LogP contribution in [0.3, 0.4) is 0 Å². The first-order valence-electron chi connectivity index (χ1n) is 6.33. The number of hydrogen-bond donors (Lipinski definition) is 3. The number of carboxylic acid groups (broad SMARTS) is 1. The summed E-state index contributed by atoms with van der Waals surface area (Å²) >= 11 is 0. The van der Waals surface area contributed by atoms with Gasteiger partial charge in [-0.2, -0.15) is 5.10 Å². The standard InChI is InChI=1S/C14H18N4O2/c1-9-7-11(8-12(13(9)15)14(19)20)16-5-3-10-4-6-18(2)17-10/h4,6-8,16H,3,5,15H2,1-2H3,(H,19,20). The van der Waals surface area contributed by atoms with E-state index in [0.29, 0.717) is 12.2 Å². The van der Waals surface area contributed by atoms with Gasteiger partial charge in [-0.25, -0.2) is 4.79 Å². The monoisotopic (exact) mass is 274 g/mol. The Labute approximate surface area is 117 Å². The second-order valence-corrected chi connectivity index (χ2v) is 4.72. The molecule has 0 radical (unpaired) electrons.